The van der Waals surface area contributed by atoms with Gasteiger partial charge in [-0.1, -0.05) is 17.3 Å². The van der Waals surface area contributed by atoms with E-state index in [-0.39, 0.29) is 0 Å². The lowest BCUT2D eigenvalue weighted by atomic mass is 10.2. The van der Waals surface area contributed by atoms with Crippen LogP contribution in [0.5, 0.6) is 0 Å². The predicted octanol–water partition coefficient (Wildman–Crippen LogP) is 3.52. The molecule has 2 aromatic heterocycles. The van der Waals surface area contributed by atoms with Crippen molar-refractivity contribution in [3.8, 4) is 5.69 Å². The maximum atomic E-state index is 5.05. The molecule has 0 saturated carbocycles. The maximum absolute atomic E-state index is 5.05. The summed E-state index contributed by atoms with van der Waals surface area (Å²) in [5.41, 5.74) is 2.98. The van der Waals surface area contributed by atoms with E-state index in [1.165, 1.54) is 0 Å². The van der Waals surface area contributed by atoms with Gasteiger partial charge in [-0.3, -0.25) is 0 Å². The average molecular weight is 239 g/mol. The maximum Gasteiger partial charge on any atom is 0.157 e. The van der Waals surface area contributed by atoms with Crippen molar-refractivity contribution < 1.29 is 4.52 Å². The highest BCUT2D eigenvalue weighted by Crippen LogP contribution is 2.25. The Morgan fingerprint density at radius 3 is 2.56 bits per heavy atom. The van der Waals surface area contributed by atoms with Crippen LogP contribution >= 0.6 is 0 Å². The summed E-state index contributed by atoms with van der Waals surface area (Å²) < 4.78 is 7.11. The molecule has 0 aliphatic carbocycles. The molecule has 3 rings (SSSR count). The van der Waals surface area contributed by atoms with Crippen LogP contribution in [0.1, 0.15) is 5.76 Å². The first-order valence-electron chi connectivity index (χ1n) is 5.75. The lowest BCUT2D eigenvalue weighted by Gasteiger charge is -2.11. The molecule has 0 aliphatic rings. The van der Waals surface area contributed by atoms with Crippen LogP contribution in [0, 0.1) is 6.92 Å². The first-order valence-corrected chi connectivity index (χ1v) is 5.75. The Morgan fingerprint density at radius 2 is 1.83 bits per heavy atom. The standard InChI is InChI=1S/C14H13N3O/c1-11-13(10-15-18-11)16-12-6-2-3-7-14(12)17-8-4-5-9-17/h2-10,16H,1H3. The molecular weight excluding hydrogens is 226 g/mol. The van der Waals surface area contributed by atoms with Gasteiger partial charge in [0.05, 0.1) is 17.6 Å². The molecule has 0 radical (unpaired) electrons. The summed E-state index contributed by atoms with van der Waals surface area (Å²) >= 11 is 0. The van der Waals surface area contributed by atoms with E-state index in [4.69, 9.17) is 4.52 Å². The fourth-order valence-corrected chi connectivity index (χ4v) is 1.86. The summed E-state index contributed by atoms with van der Waals surface area (Å²) in [7, 11) is 0. The molecule has 0 amide bonds. The highest BCUT2D eigenvalue weighted by molar-refractivity contribution is 5.69. The molecule has 0 fully saturated rings. The lowest BCUT2D eigenvalue weighted by Crippen LogP contribution is -1.98. The monoisotopic (exact) mass is 239 g/mol. The van der Waals surface area contributed by atoms with Gasteiger partial charge in [-0.25, -0.2) is 0 Å². The van der Waals surface area contributed by atoms with Gasteiger partial charge in [0.15, 0.2) is 5.76 Å². The zero-order valence-corrected chi connectivity index (χ0v) is 10.00. The van der Waals surface area contributed by atoms with Gasteiger partial charge in [-0.15, -0.1) is 0 Å². The van der Waals surface area contributed by atoms with Crippen molar-refractivity contribution in [2.45, 2.75) is 6.92 Å². The van der Waals surface area contributed by atoms with Crippen molar-refractivity contribution in [3.05, 3.63) is 60.7 Å². The van der Waals surface area contributed by atoms with Crippen LogP contribution < -0.4 is 5.32 Å². The Balaban J connectivity index is 2.00. The third-order valence-electron chi connectivity index (χ3n) is 2.81. The molecule has 0 unspecified atom stereocenters. The van der Waals surface area contributed by atoms with Crippen molar-refractivity contribution in [1.82, 2.24) is 9.72 Å². The van der Waals surface area contributed by atoms with Crippen molar-refractivity contribution in [2.24, 2.45) is 0 Å². The molecule has 4 nitrogen and oxygen atoms in total. The molecule has 0 bridgehead atoms. The molecule has 0 spiro atoms. The quantitative estimate of drug-likeness (QED) is 0.760. The van der Waals surface area contributed by atoms with Crippen LogP contribution in [0.4, 0.5) is 11.4 Å². The molecule has 0 atom stereocenters. The molecule has 1 aromatic carbocycles. The zero-order chi connectivity index (χ0) is 12.4. The van der Waals surface area contributed by atoms with Crippen LogP contribution in [0.15, 0.2) is 59.5 Å². The summed E-state index contributed by atoms with van der Waals surface area (Å²) in [4.78, 5) is 0. The van der Waals surface area contributed by atoms with Gasteiger partial charge >= 0.3 is 0 Å². The number of anilines is 2. The number of hydrogen-bond donors (Lipinski definition) is 1. The summed E-state index contributed by atoms with van der Waals surface area (Å²) in [6, 6.07) is 12.1. The first-order chi connectivity index (χ1) is 8.84. The summed E-state index contributed by atoms with van der Waals surface area (Å²) in [5.74, 6) is 0.775. The van der Waals surface area contributed by atoms with E-state index >= 15 is 0 Å². The van der Waals surface area contributed by atoms with Crippen molar-refractivity contribution in [3.63, 3.8) is 0 Å². The van der Waals surface area contributed by atoms with E-state index in [1.54, 1.807) is 6.20 Å². The van der Waals surface area contributed by atoms with E-state index in [9.17, 15) is 0 Å². The number of aromatic nitrogens is 2. The van der Waals surface area contributed by atoms with Crippen LogP contribution in [0.2, 0.25) is 0 Å². The van der Waals surface area contributed by atoms with Gasteiger partial charge in [0, 0.05) is 12.4 Å². The summed E-state index contributed by atoms with van der Waals surface area (Å²) in [6.45, 7) is 1.88. The van der Waals surface area contributed by atoms with E-state index in [0.29, 0.717) is 0 Å². The third kappa shape index (κ3) is 1.88. The largest absolute Gasteiger partial charge is 0.359 e. The Morgan fingerprint density at radius 1 is 1.06 bits per heavy atom. The average Bonchev–Trinajstić information content (AvgIpc) is 3.03. The minimum Gasteiger partial charge on any atom is -0.359 e. The molecule has 90 valence electrons. The minimum atomic E-state index is 0.775. The Hall–Kier alpha value is -2.49. The number of benzene rings is 1. The molecule has 18 heavy (non-hydrogen) atoms. The van der Waals surface area contributed by atoms with Crippen LogP contribution in [-0.2, 0) is 0 Å². The Kier molecular flexibility index (Phi) is 2.61. The van der Waals surface area contributed by atoms with Crippen LogP contribution in [-0.4, -0.2) is 9.72 Å². The Labute approximate surface area is 105 Å². The highest BCUT2D eigenvalue weighted by atomic mass is 16.5. The SMILES string of the molecule is Cc1oncc1Nc1ccccc1-n1cccc1. The van der Waals surface area contributed by atoms with E-state index in [0.717, 1.165) is 22.8 Å². The minimum absolute atomic E-state index is 0.775. The van der Waals surface area contributed by atoms with Gasteiger partial charge in [0.25, 0.3) is 0 Å². The molecule has 2 heterocycles. The van der Waals surface area contributed by atoms with Gasteiger partial charge in [-0.2, -0.15) is 0 Å². The number of hydrogen-bond acceptors (Lipinski definition) is 3. The fraction of sp³-hybridized carbons (Fsp3) is 0.0714. The number of nitrogens with one attached hydrogen (secondary N) is 1. The molecule has 0 saturated heterocycles. The second-order valence-corrected chi connectivity index (χ2v) is 4.03. The first kappa shape index (κ1) is 10.7. The second kappa shape index (κ2) is 4.41. The van der Waals surface area contributed by atoms with E-state index in [1.807, 2.05) is 49.6 Å². The molecule has 0 aliphatic heterocycles. The molecule has 1 N–H and O–H groups in total. The summed E-state index contributed by atoms with van der Waals surface area (Å²) in [5, 5.41) is 7.10. The van der Waals surface area contributed by atoms with E-state index in [2.05, 4.69) is 21.1 Å². The normalized spacial score (nSPS) is 10.5. The van der Waals surface area contributed by atoms with E-state index < -0.39 is 0 Å². The van der Waals surface area contributed by atoms with Gasteiger partial charge in [-0.05, 0) is 31.2 Å². The highest BCUT2D eigenvalue weighted by Gasteiger charge is 2.07. The molecule has 4 heteroatoms. The summed E-state index contributed by atoms with van der Waals surface area (Å²) in [6.07, 6.45) is 5.71. The number of rotatable bonds is 3. The molecular formula is C14H13N3O. The predicted molar refractivity (Wildman–Crippen MR) is 70.3 cm³/mol. The van der Waals surface area contributed by atoms with Crippen molar-refractivity contribution in [1.29, 1.82) is 0 Å². The van der Waals surface area contributed by atoms with Gasteiger partial charge < -0.3 is 14.4 Å². The lowest BCUT2D eigenvalue weighted by molar-refractivity contribution is 0.398. The topological polar surface area (TPSA) is 43.0 Å². The second-order valence-electron chi connectivity index (χ2n) is 4.03. The third-order valence-corrected chi connectivity index (χ3v) is 2.81. The number of aryl methyl sites for hydroxylation is 1. The Bertz CT molecular complexity index is 641. The molecule has 3 aromatic rings. The zero-order valence-electron chi connectivity index (χ0n) is 10.00. The number of nitrogens with zero attached hydrogens (tertiary/aromatic N) is 2. The van der Waals surface area contributed by atoms with Crippen molar-refractivity contribution in [2.75, 3.05) is 5.32 Å². The fourth-order valence-electron chi connectivity index (χ4n) is 1.86. The van der Waals surface area contributed by atoms with Crippen molar-refractivity contribution >= 4 is 11.4 Å². The smallest absolute Gasteiger partial charge is 0.157 e. The number of para-hydroxylation sites is 2. The van der Waals surface area contributed by atoms with Gasteiger partial charge in [0.2, 0.25) is 0 Å². The van der Waals surface area contributed by atoms with Crippen LogP contribution in [0.25, 0.3) is 5.69 Å². The van der Waals surface area contributed by atoms with Crippen LogP contribution in [0.3, 0.4) is 0 Å². The van der Waals surface area contributed by atoms with Gasteiger partial charge in [0.1, 0.15) is 5.69 Å².